The predicted molar refractivity (Wildman–Crippen MR) is 88.4 cm³/mol. The van der Waals surface area contributed by atoms with Crippen LogP contribution in [0.15, 0.2) is 54.6 Å². The van der Waals surface area contributed by atoms with E-state index < -0.39 is 0 Å². The molecule has 0 heterocycles. The number of para-hydroxylation sites is 1. The summed E-state index contributed by atoms with van der Waals surface area (Å²) in [6.07, 6.45) is 1.74. The zero-order chi connectivity index (χ0) is 15.6. The lowest BCUT2D eigenvalue weighted by molar-refractivity contribution is 0.241. The van der Waals surface area contributed by atoms with Crippen molar-refractivity contribution < 1.29 is 9.53 Å². The molecule has 116 valence electrons. The molecule has 0 radical (unpaired) electrons. The summed E-state index contributed by atoms with van der Waals surface area (Å²) in [5.41, 5.74) is 1.16. The molecule has 22 heavy (non-hydrogen) atoms. The van der Waals surface area contributed by atoms with Gasteiger partial charge in [-0.25, -0.2) is 4.79 Å². The minimum Gasteiger partial charge on any atom is -0.457 e. The quantitative estimate of drug-likeness (QED) is 0.818. The number of amides is 2. The molecule has 4 heteroatoms. The fraction of sp³-hybridized carbons (Fsp3) is 0.278. The zero-order valence-corrected chi connectivity index (χ0v) is 12.8. The molecule has 0 unspecified atom stereocenters. The Bertz CT molecular complexity index is 567. The highest BCUT2D eigenvalue weighted by molar-refractivity contribution is 5.73. The Balaban J connectivity index is 1.76. The molecule has 2 aromatic rings. The first-order valence-corrected chi connectivity index (χ1v) is 7.61. The van der Waals surface area contributed by atoms with Crippen molar-refractivity contribution in [1.29, 1.82) is 0 Å². The molecular weight excluding hydrogens is 276 g/mol. The van der Waals surface area contributed by atoms with Crippen molar-refractivity contribution in [3.05, 3.63) is 60.2 Å². The summed E-state index contributed by atoms with van der Waals surface area (Å²) >= 11 is 0. The first-order chi connectivity index (χ1) is 10.8. The summed E-state index contributed by atoms with van der Waals surface area (Å²) in [4.78, 5) is 11.4. The number of nitrogens with one attached hydrogen (secondary N) is 2. The van der Waals surface area contributed by atoms with Crippen LogP contribution >= 0.6 is 0 Å². The van der Waals surface area contributed by atoms with Crippen LogP contribution in [-0.4, -0.2) is 19.1 Å². The monoisotopic (exact) mass is 298 g/mol. The third-order valence-corrected chi connectivity index (χ3v) is 3.14. The highest BCUT2D eigenvalue weighted by Crippen LogP contribution is 2.21. The van der Waals surface area contributed by atoms with Crippen molar-refractivity contribution >= 4 is 6.03 Å². The molecule has 2 rings (SSSR count). The molecule has 0 saturated carbocycles. The van der Waals surface area contributed by atoms with Crippen molar-refractivity contribution in [3.8, 4) is 11.5 Å². The number of hydrogen-bond donors (Lipinski definition) is 2. The van der Waals surface area contributed by atoms with E-state index in [-0.39, 0.29) is 6.03 Å². The van der Waals surface area contributed by atoms with Gasteiger partial charge in [0.05, 0.1) is 0 Å². The molecule has 2 amide bonds. The normalized spacial score (nSPS) is 10.0. The first-order valence-electron chi connectivity index (χ1n) is 7.61. The van der Waals surface area contributed by atoms with E-state index in [1.165, 1.54) is 0 Å². The second-order valence-corrected chi connectivity index (χ2v) is 4.99. The highest BCUT2D eigenvalue weighted by Gasteiger charge is 2.00. The van der Waals surface area contributed by atoms with Gasteiger partial charge < -0.3 is 15.4 Å². The smallest absolute Gasteiger partial charge is 0.314 e. The minimum absolute atomic E-state index is 0.106. The Morgan fingerprint density at radius 2 is 1.55 bits per heavy atom. The summed E-state index contributed by atoms with van der Waals surface area (Å²) in [5, 5.41) is 5.62. The molecule has 0 aliphatic rings. The lowest BCUT2D eigenvalue weighted by Gasteiger charge is -2.08. The van der Waals surface area contributed by atoms with E-state index in [1.807, 2.05) is 61.5 Å². The standard InChI is InChI=1S/C18H22N2O2/c1-2-13-19-18(21)20-14-12-15-8-10-17(11-9-15)22-16-6-4-3-5-7-16/h3-11H,2,12-14H2,1H3,(H2,19,20,21). The lowest BCUT2D eigenvalue weighted by Crippen LogP contribution is -2.36. The van der Waals surface area contributed by atoms with Gasteiger partial charge in [-0.2, -0.15) is 0 Å². The van der Waals surface area contributed by atoms with Crippen molar-refractivity contribution in [2.45, 2.75) is 19.8 Å². The summed E-state index contributed by atoms with van der Waals surface area (Å²) in [6, 6.07) is 17.5. The Labute approximate surface area is 131 Å². The van der Waals surface area contributed by atoms with Gasteiger partial charge in [-0.1, -0.05) is 37.3 Å². The number of carbonyl (C=O) groups is 1. The van der Waals surface area contributed by atoms with Gasteiger partial charge in [0.2, 0.25) is 0 Å². The van der Waals surface area contributed by atoms with Crippen LogP contribution in [0.5, 0.6) is 11.5 Å². The molecule has 0 bridgehead atoms. The molecule has 2 aromatic carbocycles. The Hall–Kier alpha value is -2.49. The number of hydrogen-bond acceptors (Lipinski definition) is 2. The second-order valence-electron chi connectivity index (χ2n) is 4.99. The maximum Gasteiger partial charge on any atom is 0.314 e. The first kappa shape index (κ1) is 15.9. The maximum atomic E-state index is 11.4. The van der Waals surface area contributed by atoms with E-state index >= 15 is 0 Å². The van der Waals surface area contributed by atoms with Gasteiger partial charge in [0.15, 0.2) is 0 Å². The van der Waals surface area contributed by atoms with Gasteiger partial charge in [-0.05, 0) is 42.7 Å². The largest absolute Gasteiger partial charge is 0.457 e. The van der Waals surface area contributed by atoms with Gasteiger partial charge in [-0.3, -0.25) is 0 Å². The zero-order valence-electron chi connectivity index (χ0n) is 12.8. The molecular formula is C18H22N2O2. The topological polar surface area (TPSA) is 50.4 Å². The van der Waals surface area contributed by atoms with Gasteiger partial charge >= 0.3 is 6.03 Å². The van der Waals surface area contributed by atoms with Gasteiger partial charge in [0.1, 0.15) is 11.5 Å². The van der Waals surface area contributed by atoms with Crippen molar-refractivity contribution in [1.82, 2.24) is 10.6 Å². The van der Waals surface area contributed by atoms with Gasteiger partial charge in [-0.15, -0.1) is 0 Å². The molecule has 0 saturated heterocycles. The average Bonchev–Trinajstić information content (AvgIpc) is 2.55. The van der Waals surface area contributed by atoms with E-state index in [0.717, 1.165) is 29.9 Å². The third-order valence-electron chi connectivity index (χ3n) is 3.14. The number of rotatable bonds is 7. The second kappa shape index (κ2) is 8.72. The Kier molecular flexibility index (Phi) is 6.30. The molecule has 0 fully saturated rings. The van der Waals surface area contributed by atoms with Crippen LogP contribution in [-0.2, 0) is 6.42 Å². The number of ether oxygens (including phenoxy) is 1. The summed E-state index contributed by atoms with van der Waals surface area (Å²) in [7, 11) is 0. The van der Waals surface area contributed by atoms with Gasteiger partial charge in [0.25, 0.3) is 0 Å². The van der Waals surface area contributed by atoms with Crippen LogP contribution in [0.3, 0.4) is 0 Å². The fourth-order valence-corrected chi connectivity index (χ4v) is 1.97. The SMILES string of the molecule is CCCNC(=O)NCCc1ccc(Oc2ccccc2)cc1. The van der Waals surface area contributed by atoms with E-state index in [0.29, 0.717) is 13.1 Å². The van der Waals surface area contributed by atoms with Crippen LogP contribution in [0, 0.1) is 0 Å². The highest BCUT2D eigenvalue weighted by atomic mass is 16.5. The Morgan fingerprint density at radius 1 is 0.909 bits per heavy atom. The van der Waals surface area contributed by atoms with Crippen LogP contribution in [0.2, 0.25) is 0 Å². The van der Waals surface area contributed by atoms with E-state index in [9.17, 15) is 4.79 Å². The molecule has 2 N–H and O–H groups in total. The summed E-state index contributed by atoms with van der Waals surface area (Å²) in [6.45, 7) is 3.35. The summed E-state index contributed by atoms with van der Waals surface area (Å²) in [5.74, 6) is 1.63. The number of carbonyl (C=O) groups excluding carboxylic acids is 1. The summed E-state index contributed by atoms with van der Waals surface area (Å²) < 4.78 is 5.74. The molecule has 0 spiro atoms. The van der Waals surface area contributed by atoms with Crippen molar-refractivity contribution in [2.24, 2.45) is 0 Å². The van der Waals surface area contributed by atoms with Crippen LogP contribution in [0.1, 0.15) is 18.9 Å². The van der Waals surface area contributed by atoms with Crippen LogP contribution < -0.4 is 15.4 Å². The Morgan fingerprint density at radius 3 is 2.23 bits per heavy atom. The molecule has 0 atom stereocenters. The van der Waals surface area contributed by atoms with E-state index in [4.69, 9.17) is 4.74 Å². The van der Waals surface area contributed by atoms with Crippen LogP contribution in [0.25, 0.3) is 0 Å². The molecule has 0 aliphatic carbocycles. The minimum atomic E-state index is -0.106. The fourth-order valence-electron chi connectivity index (χ4n) is 1.97. The number of urea groups is 1. The van der Waals surface area contributed by atoms with Crippen LogP contribution in [0.4, 0.5) is 4.79 Å². The molecule has 0 aliphatic heterocycles. The predicted octanol–water partition coefficient (Wildman–Crippen LogP) is 3.73. The lowest BCUT2D eigenvalue weighted by atomic mass is 10.1. The van der Waals surface area contributed by atoms with Crippen molar-refractivity contribution in [3.63, 3.8) is 0 Å². The third kappa shape index (κ3) is 5.48. The molecule has 4 nitrogen and oxygen atoms in total. The van der Waals surface area contributed by atoms with Crippen molar-refractivity contribution in [2.75, 3.05) is 13.1 Å². The average molecular weight is 298 g/mol. The van der Waals surface area contributed by atoms with Gasteiger partial charge in [0, 0.05) is 13.1 Å². The van der Waals surface area contributed by atoms with E-state index in [1.54, 1.807) is 0 Å². The molecule has 0 aromatic heterocycles. The van der Waals surface area contributed by atoms with E-state index in [2.05, 4.69) is 10.6 Å². The maximum absolute atomic E-state index is 11.4. The number of benzene rings is 2.